The van der Waals surface area contributed by atoms with Gasteiger partial charge in [0, 0.05) is 20.0 Å². The molecule has 0 spiro atoms. The Balaban J connectivity index is 3.58. The Hall–Kier alpha value is -0.900. The van der Waals surface area contributed by atoms with Gasteiger partial charge in [-0.3, -0.25) is 4.79 Å². The fourth-order valence-corrected chi connectivity index (χ4v) is 0.528. The van der Waals surface area contributed by atoms with Gasteiger partial charge in [-0.25, -0.2) is 0 Å². The summed E-state index contributed by atoms with van der Waals surface area (Å²) in [5, 5.41) is 0. The van der Waals surface area contributed by atoms with Gasteiger partial charge >= 0.3 is 0 Å². The van der Waals surface area contributed by atoms with Gasteiger partial charge in [-0.05, 0) is 0 Å². The van der Waals surface area contributed by atoms with Crippen LogP contribution in [0, 0.1) is 0 Å². The van der Waals surface area contributed by atoms with Gasteiger partial charge in [0.25, 0.3) is 0 Å². The van der Waals surface area contributed by atoms with E-state index in [2.05, 4.69) is 0 Å². The normalized spacial score (nSPS) is 9.00. The summed E-state index contributed by atoms with van der Waals surface area (Å²) in [7, 11) is 1.58. The molecule has 0 unspecified atom stereocenters. The molecule has 0 aliphatic rings. The molecule has 0 saturated heterocycles. The van der Waals surface area contributed by atoms with E-state index in [0.717, 1.165) is 0 Å². The van der Waals surface area contributed by atoms with Crippen molar-refractivity contribution in [3.05, 3.63) is 0 Å². The average Bonchev–Trinajstić information content (AvgIpc) is 1.89. The predicted molar refractivity (Wildman–Crippen MR) is 37.4 cm³/mol. The van der Waals surface area contributed by atoms with Crippen LogP contribution in [-0.2, 0) is 9.59 Å². The van der Waals surface area contributed by atoms with Crippen molar-refractivity contribution in [3.63, 3.8) is 0 Å². The van der Waals surface area contributed by atoms with E-state index in [1.165, 1.54) is 4.90 Å². The highest BCUT2D eigenvalue weighted by molar-refractivity contribution is 5.78. The number of carbonyl (C=O) groups excluding carboxylic acids is 2. The highest BCUT2D eigenvalue weighted by Gasteiger charge is 2.04. The van der Waals surface area contributed by atoms with Crippen molar-refractivity contribution in [2.45, 2.75) is 6.42 Å². The van der Waals surface area contributed by atoms with Crippen LogP contribution in [0.3, 0.4) is 0 Å². The van der Waals surface area contributed by atoms with E-state index >= 15 is 0 Å². The smallest absolute Gasteiger partial charge is 0.223 e. The van der Waals surface area contributed by atoms with Crippen LogP contribution in [0.25, 0.3) is 0 Å². The molecule has 0 atom stereocenters. The zero-order chi connectivity index (χ0) is 7.98. The lowest BCUT2D eigenvalue weighted by Crippen LogP contribution is -2.29. The second-order valence-electron chi connectivity index (χ2n) is 1.98. The van der Waals surface area contributed by atoms with E-state index in [1.807, 2.05) is 0 Å². The maximum atomic E-state index is 10.8. The quantitative estimate of drug-likeness (QED) is 0.514. The highest BCUT2D eigenvalue weighted by atomic mass is 16.2. The van der Waals surface area contributed by atoms with Crippen molar-refractivity contribution in [1.29, 1.82) is 0 Å². The maximum absolute atomic E-state index is 10.8. The average molecular weight is 144 g/mol. The first kappa shape index (κ1) is 9.10. The van der Waals surface area contributed by atoms with Crippen LogP contribution in [-0.4, -0.2) is 37.2 Å². The van der Waals surface area contributed by atoms with Gasteiger partial charge in [-0.2, -0.15) is 0 Å². The molecule has 10 heavy (non-hydrogen) atoms. The number of likely N-dealkylation sites (N-methyl/N-ethyl adjacent to an activating group) is 1. The van der Waals surface area contributed by atoms with E-state index < -0.39 is 0 Å². The van der Waals surface area contributed by atoms with E-state index in [9.17, 15) is 9.59 Å². The lowest BCUT2D eigenvalue weighted by atomic mass is 10.4. The summed E-state index contributed by atoms with van der Waals surface area (Å²) in [6, 6.07) is 0. The van der Waals surface area contributed by atoms with Crippen molar-refractivity contribution < 1.29 is 9.59 Å². The standard InChI is InChI=1S/C6H12N2O2/c1-8(4-5-9)6(10)2-3-7/h5H,2-4,7H2,1H3. The Morgan fingerprint density at radius 2 is 2.30 bits per heavy atom. The predicted octanol–water partition coefficient (Wildman–Crippen LogP) is -1.01. The topological polar surface area (TPSA) is 63.4 Å². The van der Waals surface area contributed by atoms with Gasteiger partial charge in [0.2, 0.25) is 5.91 Å². The Morgan fingerprint density at radius 3 is 2.70 bits per heavy atom. The number of nitrogens with two attached hydrogens (primary N) is 1. The lowest BCUT2D eigenvalue weighted by Gasteiger charge is -2.11. The fraction of sp³-hybridized carbons (Fsp3) is 0.667. The van der Waals surface area contributed by atoms with Crippen molar-refractivity contribution in [1.82, 2.24) is 4.90 Å². The second-order valence-corrected chi connectivity index (χ2v) is 1.98. The molecule has 0 aliphatic carbocycles. The molecule has 58 valence electrons. The summed E-state index contributed by atoms with van der Waals surface area (Å²) in [5.41, 5.74) is 5.13. The van der Waals surface area contributed by atoms with Crippen molar-refractivity contribution in [2.24, 2.45) is 5.73 Å². The molecule has 4 heteroatoms. The third-order valence-corrected chi connectivity index (χ3v) is 1.13. The van der Waals surface area contributed by atoms with Crippen molar-refractivity contribution in [2.75, 3.05) is 20.1 Å². The number of rotatable bonds is 4. The molecule has 1 amide bonds. The van der Waals surface area contributed by atoms with E-state index in [1.54, 1.807) is 7.05 Å². The van der Waals surface area contributed by atoms with Gasteiger partial charge in [0.1, 0.15) is 6.29 Å². The van der Waals surface area contributed by atoms with Crippen LogP contribution in [0.15, 0.2) is 0 Å². The molecule has 0 radical (unpaired) electrons. The molecule has 0 aromatic carbocycles. The van der Waals surface area contributed by atoms with Crippen LogP contribution in [0.1, 0.15) is 6.42 Å². The van der Waals surface area contributed by atoms with E-state index in [-0.39, 0.29) is 12.5 Å². The van der Waals surface area contributed by atoms with Gasteiger partial charge in [0.15, 0.2) is 0 Å². The lowest BCUT2D eigenvalue weighted by molar-refractivity contribution is -0.131. The molecule has 0 aliphatic heterocycles. The Bertz CT molecular complexity index is 125. The largest absolute Gasteiger partial charge is 0.339 e. The number of hydrogen-bond donors (Lipinski definition) is 1. The van der Waals surface area contributed by atoms with Crippen LogP contribution in [0.4, 0.5) is 0 Å². The highest BCUT2D eigenvalue weighted by Crippen LogP contribution is 1.85. The number of nitrogens with zero attached hydrogens (tertiary/aromatic N) is 1. The molecule has 2 N–H and O–H groups in total. The minimum atomic E-state index is -0.0883. The first-order chi connectivity index (χ1) is 4.72. The van der Waals surface area contributed by atoms with Gasteiger partial charge < -0.3 is 15.4 Å². The second kappa shape index (κ2) is 4.93. The first-order valence-corrected chi connectivity index (χ1v) is 3.10. The minimum absolute atomic E-state index is 0.0883. The number of carbonyl (C=O) groups is 2. The molecular weight excluding hydrogens is 132 g/mol. The molecule has 0 bridgehead atoms. The summed E-state index contributed by atoms with van der Waals surface area (Å²) >= 11 is 0. The number of aldehydes is 1. The SMILES string of the molecule is CN(CC=O)C(=O)CCN. The van der Waals surface area contributed by atoms with Gasteiger partial charge in [0.05, 0.1) is 6.54 Å². The van der Waals surface area contributed by atoms with Crippen LogP contribution >= 0.6 is 0 Å². The number of amides is 1. The molecule has 0 aromatic rings. The zero-order valence-electron chi connectivity index (χ0n) is 6.04. The van der Waals surface area contributed by atoms with Gasteiger partial charge in [-0.1, -0.05) is 0 Å². The summed E-state index contributed by atoms with van der Waals surface area (Å²) in [6.45, 7) is 0.487. The Labute approximate surface area is 60.0 Å². The Morgan fingerprint density at radius 1 is 1.70 bits per heavy atom. The summed E-state index contributed by atoms with van der Waals surface area (Å²) in [6.07, 6.45) is 0.999. The molecule has 0 saturated carbocycles. The summed E-state index contributed by atoms with van der Waals surface area (Å²) in [4.78, 5) is 22.1. The van der Waals surface area contributed by atoms with Crippen molar-refractivity contribution >= 4 is 12.2 Å². The molecule has 0 heterocycles. The number of hydrogen-bond acceptors (Lipinski definition) is 3. The first-order valence-electron chi connectivity index (χ1n) is 3.10. The van der Waals surface area contributed by atoms with Crippen LogP contribution in [0.5, 0.6) is 0 Å². The Kier molecular flexibility index (Phi) is 4.49. The van der Waals surface area contributed by atoms with E-state index in [0.29, 0.717) is 19.3 Å². The monoisotopic (exact) mass is 144 g/mol. The fourth-order valence-electron chi connectivity index (χ4n) is 0.528. The summed E-state index contributed by atoms with van der Waals surface area (Å²) < 4.78 is 0. The van der Waals surface area contributed by atoms with E-state index in [4.69, 9.17) is 5.73 Å². The molecule has 0 fully saturated rings. The zero-order valence-corrected chi connectivity index (χ0v) is 6.04. The third-order valence-electron chi connectivity index (χ3n) is 1.13. The molecule has 0 aromatic heterocycles. The van der Waals surface area contributed by atoms with Crippen LogP contribution < -0.4 is 5.73 Å². The van der Waals surface area contributed by atoms with Crippen LogP contribution in [0.2, 0.25) is 0 Å². The van der Waals surface area contributed by atoms with Gasteiger partial charge in [-0.15, -0.1) is 0 Å². The van der Waals surface area contributed by atoms with Crippen molar-refractivity contribution in [3.8, 4) is 0 Å². The third kappa shape index (κ3) is 3.19. The maximum Gasteiger partial charge on any atom is 0.223 e. The molecule has 4 nitrogen and oxygen atoms in total. The minimum Gasteiger partial charge on any atom is -0.339 e. The molecular formula is C6H12N2O2. The molecule has 0 rings (SSSR count). The summed E-state index contributed by atoms with van der Waals surface area (Å²) in [5.74, 6) is -0.0883.